The molecule has 0 aromatic carbocycles. The zero-order chi connectivity index (χ0) is 12.8. The van der Waals surface area contributed by atoms with Gasteiger partial charge in [0.15, 0.2) is 0 Å². The van der Waals surface area contributed by atoms with Gasteiger partial charge in [0.25, 0.3) is 0 Å². The minimum Gasteiger partial charge on any atom is -0.324 e. The standard InChI is InChI=1S/C12H19N3OS/c1-9(2)15(3)8-11(16)14-10-5-6-12(17-4)13-7-10/h5-7,9H,8H2,1-4H3,(H,14,16). The molecule has 5 heteroatoms. The number of anilines is 1. The number of hydrogen-bond donors (Lipinski definition) is 1. The zero-order valence-corrected chi connectivity index (χ0v) is 11.5. The van der Waals surface area contributed by atoms with Crippen LogP contribution in [-0.4, -0.2) is 41.7 Å². The van der Waals surface area contributed by atoms with Crippen LogP contribution in [0.2, 0.25) is 0 Å². The summed E-state index contributed by atoms with van der Waals surface area (Å²) in [5.41, 5.74) is 0.741. The lowest BCUT2D eigenvalue weighted by Crippen LogP contribution is -2.34. The Labute approximate surface area is 107 Å². The molecule has 1 aromatic rings. The van der Waals surface area contributed by atoms with E-state index in [9.17, 15) is 4.79 Å². The molecule has 0 saturated heterocycles. The van der Waals surface area contributed by atoms with Gasteiger partial charge in [-0.3, -0.25) is 9.69 Å². The van der Waals surface area contributed by atoms with Gasteiger partial charge in [0.2, 0.25) is 5.91 Å². The number of aromatic nitrogens is 1. The molecule has 4 nitrogen and oxygen atoms in total. The summed E-state index contributed by atoms with van der Waals surface area (Å²) in [5.74, 6) is -0.0140. The van der Waals surface area contributed by atoms with Crippen LogP contribution in [0, 0.1) is 0 Å². The maximum Gasteiger partial charge on any atom is 0.238 e. The fourth-order valence-corrected chi connectivity index (χ4v) is 1.55. The second-order valence-electron chi connectivity index (χ2n) is 4.15. The number of amides is 1. The van der Waals surface area contributed by atoms with Crippen LogP contribution in [0.4, 0.5) is 5.69 Å². The third-order valence-electron chi connectivity index (χ3n) is 2.50. The van der Waals surface area contributed by atoms with E-state index in [4.69, 9.17) is 0 Å². The molecule has 0 spiro atoms. The van der Waals surface area contributed by atoms with Gasteiger partial charge in [0.05, 0.1) is 23.5 Å². The summed E-state index contributed by atoms with van der Waals surface area (Å²) in [5, 5.41) is 3.77. The van der Waals surface area contributed by atoms with Crippen molar-refractivity contribution < 1.29 is 4.79 Å². The maximum atomic E-state index is 11.7. The Morgan fingerprint density at radius 2 is 2.24 bits per heavy atom. The van der Waals surface area contributed by atoms with Gasteiger partial charge < -0.3 is 5.32 Å². The summed E-state index contributed by atoms with van der Waals surface area (Å²) in [7, 11) is 1.93. The molecule has 0 aliphatic carbocycles. The fourth-order valence-electron chi connectivity index (χ4n) is 1.18. The third kappa shape index (κ3) is 4.75. The molecule has 0 aliphatic rings. The summed E-state index contributed by atoms with van der Waals surface area (Å²) in [6, 6.07) is 4.12. The number of likely N-dealkylation sites (N-methyl/N-ethyl adjacent to an activating group) is 1. The molecule has 1 rings (SSSR count). The van der Waals surface area contributed by atoms with Gasteiger partial charge in [-0.15, -0.1) is 11.8 Å². The first-order chi connectivity index (χ1) is 8.02. The van der Waals surface area contributed by atoms with Gasteiger partial charge >= 0.3 is 0 Å². The number of nitrogens with zero attached hydrogens (tertiary/aromatic N) is 2. The third-order valence-corrected chi connectivity index (χ3v) is 3.16. The topological polar surface area (TPSA) is 45.2 Å². The van der Waals surface area contributed by atoms with Gasteiger partial charge in [-0.05, 0) is 39.3 Å². The molecule has 0 aliphatic heterocycles. The molecular formula is C12H19N3OS. The Hall–Kier alpha value is -1.07. The molecule has 0 bridgehead atoms. The molecule has 0 atom stereocenters. The normalized spacial score (nSPS) is 10.9. The number of nitrogens with one attached hydrogen (secondary N) is 1. The SMILES string of the molecule is CSc1ccc(NC(=O)CN(C)C(C)C)cn1. The lowest BCUT2D eigenvalue weighted by Gasteiger charge is -2.20. The molecule has 1 amide bonds. The Morgan fingerprint density at radius 1 is 1.53 bits per heavy atom. The minimum absolute atomic E-state index is 0.0140. The van der Waals surface area contributed by atoms with Gasteiger partial charge in [0.1, 0.15) is 0 Å². The van der Waals surface area contributed by atoms with Crippen molar-refractivity contribution >= 4 is 23.4 Å². The predicted octanol–water partition coefficient (Wildman–Crippen LogP) is 2.08. The van der Waals surface area contributed by atoms with Crippen LogP contribution in [0.1, 0.15) is 13.8 Å². The van der Waals surface area contributed by atoms with Crippen LogP contribution in [0.15, 0.2) is 23.4 Å². The quantitative estimate of drug-likeness (QED) is 0.816. The second kappa shape index (κ2) is 6.61. The summed E-state index contributed by atoms with van der Waals surface area (Å²) in [6.07, 6.45) is 3.65. The lowest BCUT2D eigenvalue weighted by atomic mass is 10.3. The van der Waals surface area contributed by atoms with Crippen molar-refractivity contribution in [2.75, 3.05) is 25.2 Å². The Morgan fingerprint density at radius 3 is 2.71 bits per heavy atom. The Balaban J connectivity index is 2.50. The van der Waals surface area contributed by atoms with Crippen molar-refractivity contribution in [2.24, 2.45) is 0 Å². The van der Waals surface area contributed by atoms with E-state index in [2.05, 4.69) is 24.1 Å². The van der Waals surface area contributed by atoms with E-state index in [0.29, 0.717) is 12.6 Å². The van der Waals surface area contributed by atoms with E-state index in [1.54, 1.807) is 18.0 Å². The number of pyridine rings is 1. The van der Waals surface area contributed by atoms with Crippen LogP contribution < -0.4 is 5.32 Å². The highest BCUT2D eigenvalue weighted by atomic mass is 32.2. The van der Waals surface area contributed by atoms with E-state index in [-0.39, 0.29) is 5.91 Å². The van der Waals surface area contributed by atoms with E-state index in [1.165, 1.54) is 0 Å². The van der Waals surface area contributed by atoms with Crippen molar-refractivity contribution in [1.29, 1.82) is 0 Å². The maximum absolute atomic E-state index is 11.7. The number of thioether (sulfide) groups is 1. The molecular weight excluding hydrogens is 234 g/mol. The van der Waals surface area contributed by atoms with Crippen molar-refractivity contribution in [3.63, 3.8) is 0 Å². The number of hydrogen-bond acceptors (Lipinski definition) is 4. The Bertz CT molecular complexity index is 365. The van der Waals surface area contributed by atoms with Crippen LogP contribution in [0.25, 0.3) is 0 Å². The second-order valence-corrected chi connectivity index (χ2v) is 4.97. The average molecular weight is 253 g/mol. The molecule has 94 valence electrons. The molecule has 0 unspecified atom stereocenters. The average Bonchev–Trinajstić information content (AvgIpc) is 2.29. The summed E-state index contributed by atoms with van der Waals surface area (Å²) >= 11 is 1.58. The zero-order valence-electron chi connectivity index (χ0n) is 10.7. The van der Waals surface area contributed by atoms with Crippen molar-refractivity contribution in [1.82, 2.24) is 9.88 Å². The smallest absolute Gasteiger partial charge is 0.238 e. The summed E-state index contributed by atoms with van der Waals surface area (Å²) < 4.78 is 0. The first-order valence-corrected chi connectivity index (χ1v) is 6.75. The number of rotatable bonds is 5. The van der Waals surface area contributed by atoms with Gasteiger partial charge in [-0.2, -0.15) is 0 Å². The highest BCUT2D eigenvalue weighted by Crippen LogP contribution is 2.13. The van der Waals surface area contributed by atoms with E-state index >= 15 is 0 Å². The highest BCUT2D eigenvalue weighted by molar-refractivity contribution is 7.98. The van der Waals surface area contributed by atoms with Gasteiger partial charge in [0, 0.05) is 6.04 Å². The van der Waals surface area contributed by atoms with Gasteiger partial charge in [-0.1, -0.05) is 0 Å². The van der Waals surface area contributed by atoms with Crippen LogP contribution in [0.3, 0.4) is 0 Å². The van der Waals surface area contributed by atoms with E-state index in [1.807, 2.05) is 30.3 Å². The lowest BCUT2D eigenvalue weighted by molar-refractivity contribution is -0.117. The van der Waals surface area contributed by atoms with Crippen molar-refractivity contribution in [3.05, 3.63) is 18.3 Å². The molecule has 1 heterocycles. The molecule has 1 aromatic heterocycles. The fraction of sp³-hybridized carbons (Fsp3) is 0.500. The van der Waals surface area contributed by atoms with Crippen molar-refractivity contribution in [2.45, 2.75) is 24.9 Å². The minimum atomic E-state index is -0.0140. The number of carbonyl (C=O) groups excluding carboxylic acids is 1. The van der Waals surface area contributed by atoms with Crippen LogP contribution in [-0.2, 0) is 4.79 Å². The van der Waals surface area contributed by atoms with E-state index in [0.717, 1.165) is 10.7 Å². The molecule has 0 fully saturated rings. The largest absolute Gasteiger partial charge is 0.324 e. The van der Waals surface area contributed by atoms with E-state index < -0.39 is 0 Å². The first-order valence-electron chi connectivity index (χ1n) is 5.53. The molecule has 1 N–H and O–H groups in total. The molecule has 17 heavy (non-hydrogen) atoms. The molecule has 0 radical (unpaired) electrons. The summed E-state index contributed by atoms with van der Waals surface area (Å²) in [6.45, 7) is 4.51. The van der Waals surface area contributed by atoms with Crippen molar-refractivity contribution in [3.8, 4) is 0 Å². The predicted molar refractivity (Wildman–Crippen MR) is 72.4 cm³/mol. The summed E-state index contributed by atoms with van der Waals surface area (Å²) in [4.78, 5) is 17.9. The highest BCUT2D eigenvalue weighted by Gasteiger charge is 2.09. The molecule has 0 saturated carbocycles. The Kier molecular flexibility index (Phi) is 5.44. The first kappa shape index (κ1) is 14.0. The van der Waals surface area contributed by atoms with Crippen LogP contribution >= 0.6 is 11.8 Å². The number of carbonyl (C=O) groups is 1. The monoisotopic (exact) mass is 253 g/mol. The van der Waals surface area contributed by atoms with Gasteiger partial charge in [-0.25, -0.2) is 4.98 Å². The van der Waals surface area contributed by atoms with Crippen LogP contribution in [0.5, 0.6) is 0 Å².